The van der Waals surface area contributed by atoms with Gasteiger partial charge in [0, 0.05) is 11.4 Å². The lowest BCUT2D eigenvalue weighted by molar-refractivity contribution is -0.235. The highest BCUT2D eigenvalue weighted by Crippen LogP contribution is 2.56. The first kappa shape index (κ1) is 18.7. The molecule has 0 aliphatic heterocycles. The lowest BCUT2D eigenvalue weighted by Gasteiger charge is -2.44. The number of rotatable bonds is 8. The highest BCUT2D eigenvalue weighted by Gasteiger charge is 2.60. The van der Waals surface area contributed by atoms with E-state index in [4.69, 9.17) is 0 Å². The van der Waals surface area contributed by atoms with Crippen LogP contribution in [-0.4, -0.2) is 12.8 Å². The fraction of sp³-hybridized carbons (Fsp3) is 0.579. The van der Waals surface area contributed by atoms with Gasteiger partial charge < -0.3 is 10.6 Å². The molecule has 5 heteroatoms. The van der Waals surface area contributed by atoms with Crippen LogP contribution in [-0.2, 0) is 6.42 Å². The molecule has 134 valence electrons. The minimum absolute atomic E-state index is 0.0741. The van der Waals surface area contributed by atoms with E-state index in [2.05, 4.69) is 37.1 Å². The van der Waals surface area contributed by atoms with Crippen LogP contribution < -0.4 is 10.6 Å². The van der Waals surface area contributed by atoms with Gasteiger partial charge in [0.15, 0.2) is 0 Å². The maximum absolute atomic E-state index is 13.2. The van der Waals surface area contributed by atoms with Gasteiger partial charge >= 0.3 is 6.18 Å². The quantitative estimate of drug-likeness (QED) is 0.607. The summed E-state index contributed by atoms with van der Waals surface area (Å²) in [5, 5.41) is 5.96. The molecule has 1 aromatic carbocycles. The van der Waals surface area contributed by atoms with Crippen LogP contribution in [0, 0.1) is 12.3 Å². The van der Waals surface area contributed by atoms with Crippen LogP contribution in [0.2, 0.25) is 0 Å². The van der Waals surface area contributed by atoms with Crippen LogP contribution in [0.15, 0.2) is 30.5 Å². The average molecular weight is 340 g/mol. The zero-order valence-corrected chi connectivity index (χ0v) is 14.5. The van der Waals surface area contributed by atoms with Gasteiger partial charge in [-0.25, -0.2) is 0 Å². The fourth-order valence-corrected chi connectivity index (χ4v) is 3.16. The Morgan fingerprint density at radius 3 is 2.50 bits per heavy atom. The molecule has 0 radical (unpaired) electrons. The molecular formula is C19H27F3N2. The molecule has 0 spiro atoms. The van der Waals surface area contributed by atoms with E-state index >= 15 is 0 Å². The summed E-state index contributed by atoms with van der Waals surface area (Å²) in [5.41, 5.74) is 1.77. The number of unbranched alkanes of at least 4 members (excludes halogenated alkanes) is 1. The van der Waals surface area contributed by atoms with Gasteiger partial charge in [-0.2, -0.15) is 13.2 Å². The summed E-state index contributed by atoms with van der Waals surface area (Å²) in [6, 6.07) is 6.11. The average Bonchev–Trinajstić information content (AvgIpc) is 2.43. The Hall–Kier alpha value is -1.65. The molecule has 0 atom stereocenters. The molecule has 2 nitrogen and oxygen atoms in total. The summed E-state index contributed by atoms with van der Waals surface area (Å²) < 4.78 is 39.7. The molecule has 2 N–H and O–H groups in total. The Labute approximate surface area is 142 Å². The van der Waals surface area contributed by atoms with E-state index in [1.165, 1.54) is 11.1 Å². The maximum Gasteiger partial charge on any atom is 0.399 e. The largest absolute Gasteiger partial charge is 0.399 e. The van der Waals surface area contributed by atoms with Crippen molar-refractivity contribution >= 4 is 5.69 Å². The molecule has 0 bridgehead atoms. The molecule has 0 unspecified atom stereocenters. The zero-order chi connectivity index (χ0) is 17.8. The Kier molecular flexibility index (Phi) is 5.83. The molecule has 2 rings (SSSR count). The van der Waals surface area contributed by atoms with E-state index in [1.807, 2.05) is 12.1 Å². The number of anilines is 1. The van der Waals surface area contributed by atoms with Gasteiger partial charge in [-0.15, -0.1) is 0 Å². The van der Waals surface area contributed by atoms with Gasteiger partial charge in [0.05, 0.1) is 6.67 Å². The number of halogens is 3. The lowest BCUT2D eigenvalue weighted by atomic mass is 9.66. The number of hydrogen-bond donors (Lipinski definition) is 2. The van der Waals surface area contributed by atoms with E-state index in [9.17, 15) is 13.2 Å². The van der Waals surface area contributed by atoms with Gasteiger partial charge in [-0.3, -0.25) is 0 Å². The Morgan fingerprint density at radius 1 is 1.29 bits per heavy atom. The number of benzene rings is 1. The highest BCUT2D eigenvalue weighted by molar-refractivity contribution is 5.48. The molecule has 1 aromatic rings. The molecule has 1 saturated carbocycles. The molecular weight excluding hydrogens is 313 g/mol. The van der Waals surface area contributed by atoms with Crippen molar-refractivity contribution in [1.29, 1.82) is 0 Å². The number of nitrogens with one attached hydrogen (secondary N) is 2. The fourth-order valence-electron chi connectivity index (χ4n) is 3.16. The van der Waals surface area contributed by atoms with Gasteiger partial charge in [0.2, 0.25) is 0 Å². The SMILES string of the molecule is C=C(NCNc1ccc(CCCC)c(C)c1)C1(C(F)(F)F)CCC1. The van der Waals surface area contributed by atoms with Crippen molar-refractivity contribution < 1.29 is 13.2 Å². The van der Waals surface area contributed by atoms with E-state index < -0.39 is 11.6 Å². The minimum atomic E-state index is -4.23. The summed E-state index contributed by atoms with van der Waals surface area (Å²) in [6.07, 6.45) is 0.0206. The van der Waals surface area contributed by atoms with Crippen molar-refractivity contribution in [3.05, 3.63) is 41.6 Å². The van der Waals surface area contributed by atoms with E-state index in [0.717, 1.165) is 24.9 Å². The van der Waals surface area contributed by atoms with Crippen molar-refractivity contribution in [2.75, 3.05) is 12.0 Å². The van der Waals surface area contributed by atoms with Gasteiger partial charge in [0.1, 0.15) is 5.41 Å². The third-order valence-electron chi connectivity index (χ3n) is 5.06. The summed E-state index contributed by atoms with van der Waals surface area (Å²) in [5.74, 6) is 0. The third kappa shape index (κ3) is 3.87. The molecule has 0 amide bonds. The molecule has 0 heterocycles. The second kappa shape index (κ2) is 7.49. The Balaban J connectivity index is 1.88. The third-order valence-corrected chi connectivity index (χ3v) is 5.06. The Morgan fingerprint density at radius 2 is 2.00 bits per heavy atom. The number of hydrogen-bond acceptors (Lipinski definition) is 2. The second-order valence-corrected chi connectivity index (χ2v) is 6.69. The number of allylic oxidation sites excluding steroid dienone is 1. The molecule has 1 aliphatic rings. The van der Waals surface area contributed by atoms with E-state index in [0.29, 0.717) is 6.42 Å². The monoisotopic (exact) mass is 340 g/mol. The van der Waals surface area contributed by atoms with Gasteiger partial charge in [-0.1, -0.05) is 32.4 Å². The van der Waals surface area contributed by atoms with Crippen LogP contribution in [0.4, 0.5) is 18.9 Å². The number of aryl methyl sites for hydroxylation is 2. The van der Waals surface area contributed by atoms with Crippen molar-refractivity contribution in [3.8, 4) is 0 Å². The second-order valence-electron chi connectivity index (χ2n) is 6.69. The van der Waals surface area contributed by atoms with Crippen LogP contribution >= 0.6 is 0 Å². The van der Waals surface area contributed by atoms with Crippen molar-refractivity contribution in [1.82, 2.24) is 5.32 Å². The van der Waals surface area contributed by atoms with Gasteiger partial charge in [0.25, 0.3) is 0 Å². The van der Waals surface area contributed by atoms with Crippen LogP contribution in [0.3, 0.4) is 0 Å². The topological polar surface area (TPSA) is 24.1 Å². The van der Waals surface area contributed by atoms with Crippen LogP contribution in [0.1, 0.15) is 50.2 Å². The first-order valence-corrected chi connectivity index (χ1v) is 8.63. The minimum Gasteiger partial charge on any atom is -0.371 e. The van der Waals surface area contributed by atoms with Crippen LogP contribution in [0.25, 0.3) is 0 Å². The summed E-state index contributed by atoms with van der Waals surface area (Å²) in [6.45, 7) is 8.11. The smallest absolute Gasteiger partial charge is 0.371 e. The van der Waals surface area contributed by atoms with Gasteiger partial charge in [-0.05, 0) is 55.9 Å². The summed E-state index contributed by atoms with van der Waals surface area (Å²) >= 11 is 0. The predicted molar refractivity (Wildman–Crippen MR) is 92.9 cm³/mol. The van der Waals surface area contributed by atoms with E-state index in [1.54, 1.807) is 0 Å². The first-order valence-electron chi connectivity index (χ1n) is 8.63. The van der Waals surface area contributed by atoms with Crippen molar-refractivity contribution in [2.24, 2.45) is 5.41 Å². The number of alkyl halides is 3. The van der Waals surface area contributed by atoms with Crippen LogP contribution in [0.5, 0.6) is 0 Å². The maximum atomic E-state index is 13.2. The summed E-state index contributed by atoms with van der Waals surface area (Å²) in [4.78, 5) is 0. The standard InChI is InChI=1S/C19H27F3N2/c1-4-5-7-16-8-9-17(12-14(16)2)24-13-23-15(3)18(10-6-11-18)19(20,21)22/h8-9,12,23-24H,3-7,10-11,13H2,1-2H3. The highest BCUT2D eigenvalue weighted by atomic mass is 19.4. The first-order chi connectivity index (χ1) is 11.3. The Bertz CT molecular complexity index is 574. The van der Waals surface area contributed by atoms with E-state index in [-0.39, 0.29) is 25.2 Å². The normalized spacial score (nSPS) is 16.4. The molecule has 1 fully saturated rings. The summed E-state index contributed by atoms with van der Waals surface area (Å²) in [7, 11) is 0. The van der Waals surface area contributed by atoms with Crippen molar-refractivity contribution in [3.63, 3.8) is 0 Å². The molecule has 0 saturated heterocycles. The lowest BCUT2D eigenvalue weighted by Crippen LogP contribution is -2.49. The zero-order valence-electron chi connectivity index (χ0n) is 14.5. The molecule has 24 heavy (non-hydrogen) atoms. The van der Waals surface area contributed by atoms with Crippen molar-refractivity contribution in [2.45, 2.75) is 58.5 Å². The molecule has 0 aromatic heterocycles. The molecule has 1 aliphatic carbocycles. The predicted octanol–water partition coefficient (Wildman–Crippen LogP) is 5.54.